The molecule has 4 atom stereocenters. The SMILES string of the molecule is CCN1NC(C(C)C)CC1C(=O)NCCCNC1CCC(C)CN1. The fourth-order valence-electron chi connectivity index (χ4n) is 3.57. The van der Waals surface area contributed by atoms with Crippen molar-refractivity contribution in [1.29, 1.82) is 0 Å². The lowest BCUT2D eigenvalue weighted by Gasteiger charge is -2.28. The first kappa shape index (κ1) is 19.6. The molecule has 2 aliphatic rings. The summed E-state index contributed by atoms with van der Waals surface area (Å²) >= 11 is 0. The fourth-order valence-corrected chi connectivity index (χ4v) is 3.57. The van der Waals surface area contributed by atoms with Crippen molar-refractivity contribution in [2.75, 3.05) is 26.2 Å². The summed E-state index contributed by atoms with van der Waals surface area (Å²) in [5.41, 5.74) is 3.47. The van der Waals surface area contributed by atoms with Crippen molar-refractivity contribution >= 4 is 5.91 Å². The van der Waals surface area contributed by atoms with Gasteiger partial charge in [0, 0.05) is 19.1 Å². The zero-order chi connectivity index (χ0) is 17.5. The minimum atomic E-state index is -0.0307. The predicted octanol–water partition coefficient (Wildman–Crippen LogP) is 1.05. The van der Waals surface area contributed by atoms with Gasteiger partial charge in [-0.25, -0.2) is 5.01 Å². The van der Waals surface area contributed by atoms with Crippen LogP contribution in [0.3, 0.4) is 0 Å². The Balaban J connectivity index is 1.60. The minimum Gasteiger partial charge on any atom is -0.355 e. The summed E-state index contributed by atoms with van der Waals surface area (Å²) in [6.07, 6.45) is 4.81. The number of likely N-dealkylation sites (N-methyl/N-ethyl adjacent to an activating group) is 1. The maximum atomic E-state index is 12.5. The third-order valence-corrected chi connectivity index (χ3v) is 5.34. The van der Waals surface area contributed by atoms with Crippen molar-refractivity contribution in [3.63, 3.8) is 0 Å². The number of carbonyl (C=O) groups is 1. The highest BCUT2D eigenvalue weighted by Crippen LogP contribution is 2.20. The number of hydrogen-bond acceptors (Lipinski definition) is 5. The molecule has 0 aromatic carbocycles. The molecule has 2 saturated heterocycles. The van der Waals surface area contributed by atoms with Crippen molar-refractivity contribution < 1.29 is 4.79 Å². The first-order valence-corrected chi connectivity index (χ1v) is 9.78. The fraction of sp³-hybridized carbons (Fsp3) is 0.944. The van der Waals surface area contributed by atoms with Crippen molar-refractivity contribution in [3.8, 4) is 0 Å². The molecule has 4 unspecified atom stereocenters. The van der Waals surface area contributed by atoms with Crippen LogP contribution in [-0.4, -0.2) is 55.3 Å². The molecule has 0 aliphatic carbocycles. The van der Waals surface area contributed by atoms with Gasteiger partial charge in [-0.2, -0.15) is 0 Å². The molecule has 140 valence electrons. The van der Waals surface area contributed by atoms with Crippen molar-refractivity contribution in [3.05, 3.63) is 0 Å². The molecule has 0 bridgehead atoms. The Morgan fingerprint density at radius 1 is 1.29 bits per heavy atom. The van der Waals surface area contributed by atoms with Crippen LogP contribution >= 0.6 is 0 Å². The van der Waals surface area contributed by atoms with E-state index in [0.29, 0.717) is 18.1 Å². The smallest absolute Gasteiger partial charge is 0.238 e. The topological polar surface area (TPSA) is 68.4 Å². The summed E-state index contributed by atoms with van der Waals surface area (Å²) in [6.45, 7) is 12.4. The molecule has 0 radical (unpaired) electrons. The maximum Gasteiger partial charge on any atom is 0.238 e. The van der Waals surface area contributed by atoms with E-state index in [1.54, 1.807) is 0 Å². The largest absolute Gasteiger partial charge is 0.355 e. The van der Waals surface area contributed by atoms with Crippen LogP contribution in [0, 0.1) is 11.8 Å². The summed E-state index contributed by atoms with van der Waals surface area (Å²) in [7, 11) is 0. The number of amides is 1. The molecule has 2 heterocycles. The summed E-state index contributed by atoms with van der Waals surface area (Å²) in [6, 6.07) is 0.374. The minimum absolute atomic E-state index is 0.0307. The van der Waals surface area contributed by atoms with Gasteiger partial charge >= 0.3 is 0 Å². The lowest BCUT2D eigenvalue weighted by Crippen LogP contribution is -2.49. The van der Waals surface area contributed by atoms with E-state index >= 15 is 0 Å². The molecule has 0 spiro atoms. The highest BCUT2D eigenvalue weighted by atomic mass is 16.2. The van der Waals surface area contributed by atoms with E-state index in [2.05, 4.69) is 54.1 Å². The van der Waals surface area contributed by atoms with Gasteiger partial charge in [0.2, 0.25) is 5.91 Å². The van der Waals surface area contributed by atoms with Crippen LogP contribution in [0.15, 0.2) is 0 Å². The molecule has 0 aromatic rings. The Bertz CT molecular complexity index is 382. The van der Waals surface area contributed by atoms with Crippen LogP contribution in [0.1, 0.15) is 53.4 Å². The second-order valence-electron chi connectivity index (χ2n) is 7.76. The van der Waals surface area contributed by atoms with Crippen LogP contribution in [0.4, 0.5) is 0 Å². The Hall–Kier alpha value is -0.690. The molecule has 4 N–H and O–H groups in total. The molecule has 2 aliphatic heterocycles. The average Bonchev–Trinajstić information content (AvgIpc) is 3.01. The first-order chi connectivity index (χ1) is 11.5. The second kappa shape index (κ2) is 9.70. The Morgan fingerprint density at radius 2 is 2.08 bits per heavy atom. The molecule has 6 nitrogen and oxygen atoms in total. The normalized spacial score (nSPS) is 31.5. The van der Waals surface area contributed by atoms with E-state index in [9.17, 15) is 4.79 Å². The third-order valence-electron chi connectivity index (χ3n) is 5.34. The van der Waals surface area contributed by atoms with Gasteiger partial charge in [0.25, 0.3) is 0 Å². The molecule has 6 heteroatoms. The Morgan fingerprint density at radius 3 is 2.71 bits per heavy atom. The molecule has 0 aromatic heterocycles. The Labute approximate surface area is 147 Å². The number of nitrogens with zero attached hydrogens (tertiary/aromatic N) is 1. The van der Waals surface area contributed by atoms with Crippen molar-refractivity contribution in [2.24, 2.45) is 11.8 Å². The molecule has 2 rings (SSSR count). The zero-order valence-electron chi connectivity index (χ0n) is 15.9. The van der Waals surface area contributed by atoms with Gasteiger partial charge in [0.15, 0.2) is 0 Å². The average molecular weight is 340 g/mol. The number of carbonyl (C=O) groups excluding carboxylic acids is 1. The van der Waals surface area contributed by atoms with Gasteiger partial charge in [-0.1, -0.05) is 27.7 Å². The predicted molar refractivity (Wildman–Crippen MR) is 98.4 cm³/mol. The Kier molecular flexibility index (Phi) is 7.94. The monoisotopic (exact) mass is 339 g/mol. The van der Waals surface area contributed by atoms with Crippen LogP contribution in [0.5, 0.6) is 0 Å². The van der Waals surface area contributed by atoms with E-state index in [1.165, 1.54) is 12.8 Å². The number of hydrogen-bond donors (Lipinski definition) is 4. The third kappa shape index (κ3) is 5.69. The van der Waals surface area contributed by atoms with E-state index < -0.39 is 0 Å². The van der Waals surface area contributed by atoms with E-state index in [0.717, 1.165) is 44.9 Å². The summed E-state index contributed by atoms with van der Waals surface area (Å²) in [5.74, 6) is 1.50. The van der Waals surface area contributed by atoms with Crippen LogP contribution in [-0.2, 0) is 4.79 Å². The highest BCUT2D eigenvalue weighted by molar-refractivity contribution is 5.82. The van der Waals surface area contributed by atoms with Gasteiger partial charge in [-0.15, -0.1) is 0 Å². The molecule has 24 heavy (non-hydrogen) atoms. The van der Waals surface area contributed by atoms with Gasteiger partial charge in [-0.05, 0) is 50.6 Å². The lowest BCUT2D eigenvalue weighted by molar-refractivity contribution is -0.126. The number of rotatable bonds is 8. The molecular weight excluding hydrogens is 302 g/mol. The second-order valence-corrected chi connectivity index (χ2v) is 7.76. The van der Waals surface area contributed by atoms with Crippen LogP contribution in [0.2, 0.25) is 0 Å². The van der Waals surface area contributed by atoms with Crippen LogP contribution < -0.4 is 21.4 Å². The quantitative estimate of drug-likeness (QED) is 0.498. The standard InChI is InChI=1S/C18H37N5O/c1-5-23-16(11-15(22-23)13(2)3)18(24)20-10-6-9-19-17-8-7-14(4)12-21-17/h13-17,19,21-22H,5-12H2,1-4H3,(H,20,24). The van der Waals surface area contributed by atoms with Crippen molar-refractivity contribution in [1.82, 2.24) is 26.4 Å². The summed E-state index contributed by atoms with van der Waals surface area (Å²) < 4.78 is 0. The van der Waals surface area contributed by atoms with Gasteiger partial charge in [0.1, 0.15) is 6.04 Å². The van der Waals surface area contributed by atoms with E-state index in [1.807, 2.05) is 0 Å². The van der Waals surface area contributed by atoms with Crippen LogP contribution in [0.25, 0.3) is 0 Å². The number of piperidine rings is 1. The number of hydrazine groups is 1. The molecular formula is C18H37N5O. The van der Waals surface area contributed by atoms with E-state index in [4.69, 9.17) is 0 Å². The number of nitrogens with one attached hydrogen (secondary N) is 4. The first-order valence-electron chi connectivity index (χ1n) is 9.78. The summed E-state index contributed by atoms with van der Waals surface area (Å²) in [5, 5.41) is 12.3. The molecule has 1 amide bonds. The van der Waals surface area contributed by atoms with Gasteiger partial charge < -0.3 is 16.0 Å². The van der Waals surface area contributed by atoms with Gasteiger partial charge in [0.05, 0.1) is 6.17 Å². The van der Waals surface area contributed by atoms with Gasteiger partial charge in [-0.3, -0.25) is 10.2 Å². The molecule has 2 fully saturated rings. The molecule has 0 saturated carbocycles. The zero-order valence-corrected chi connectivity index (χ0v) is 15.9. The van der Waals surface area contributed by atoms with E-state index in [-0.39, 0.29) is 11.9 Å². The lowest BCUT2D eigenvalue weighted by atomic mass is 9.99. The van der Waals surface area contributed by atoms with Crippen molar-refractivity contribution in [2.45, 2.75) is 71.6 Å². The summed E-state index contributed by atoms with van der Waals surface area (Å²) in [4.78, 5) is 12.5. The highest BCUT2D eigenvalue weighted by Gasteiger charge is 2.36. The maximum absolute atomic E-state index is 12.5.